The zero-order valence-corrected chi connectivity index (χ0v) is 9.93. The van der Waals surface area contributed by atoms with E-state index in [2.05, 4.69) is 4.74 Å². The van der Waals surface area contributed by atoms with Crippen molar-refractivity contribution < 1.29 is 9.53 Å². The fourth-order valence-electron chi connectivity index (χ4n) is 1.16. The molecule has 0 fully saturated rings. The van der Waals surface area contributed by atoms with Gasteiger partial charge in [-0.05, 0) is 31.5 Å². The van der Waals surface area contributed by atoms with Crippen LogP contribution >= 0.6 is 12.4 Å². The van der Waals surface area contributed by atoms with E-state index in [0.717, 1.165) is 5.56 Å². The van der Waals surface area contributed by atoms with Crippen LogP contribution in [0.4, 0.5) is 0 Å². The molecule has 0 atom stereocenters. The van der Waals surface area contributed by atoms with Gasteiger partial charge in [0.25, 0.3) is 0 Å². The molecule has 0 aliphatic carbocycles. The van der Waals surface area contributed by atoms with E-state index in [0.29, 0.717) is 5.56 Å². The van der Waals surface area contributed by atoms with Crippen molar-refractivity contribution in [2.75, 3.05) is 7.11 Å². The number of hydrogen-bond acceptors (Lipinski definition) is 3. The van der Waals surface area contributed by atoms with Gasteiger partial charge in [0.05, 0.1) is 12.7 Å². The van der Waals surface area contributed by atoms with Crippen LogP contribution in [0, 0.1) is 0 Å². The second-order valence-electron chi connectivity index (χ2n) is 3.79. The number of halogens is 1. The molecule has 0 aliphatic heterocycles. The highest BCUT2D eigenvalue weighted by Gasteiger charge is 2.15. The second-order valence-corrected chi connectivity index (χ2v) is 3.79. The summed E-state index contributed by atoms with van der Waals surface area (Å²) in [6.07, 6.45) is 0. The minimum Gasteiger partial charge on any atom is -0.465 e. The van der Waals surface area contributed by atoms with Crippen molar-refractivity contribution in [1.82, 2.24) is 0 Å². The molecule has 0 unspecified atom stereocenters. The Hall–Kier alpha value is -1.06. The minimum atomic E-state index is -0.440. The van der Waals surface area contributed by atoms with Crippen molar-refractivity contribution in [2.45, 2.75) is 19.4 Å². The Labute approximate surface area is 96.0 Å². The van der Waals surface area contributed by atoms with Gasteiger partial charge in [0.1, 0.15) is 0 Å². The molecule has 0 aromatic heterocycles. The van der Waals surface area contributed by atoms with Crippen molar-refractivity contribution in [1.29, 1.82) is 0 Å². The van der Waals surface area contributed by atoms with Gasteiger partial charge in [-0.1, -0.05) is 12.1 Å². The molecule has 0 spiro atoms. The predicted molar refractivity (Wildman–Crippen MR) is 62.2 cm³/mol. The predicted octanol–water partition coefficient (Wildman–Crippen LogP) is 2.09. The summed E-state index contributed by atoms with van der Waals surface area (Å²) in [5.41, 5.74) is 6.92. The SMILES string of the molecule is COC(=O)c1cccc(C(C)(C)N)c1.Cl. The van der Waals surface area contributed by atoms with Crippen LogP contribution in [0.5, 0.6) is 0 Å². The Kier molecular flexibility index (Phi) is 4.78. The largest absolute Gasteiger partial charge is 0.465 e. The first kappa shape index (κ1) is 13.9. The average Bonchev–Trinajstić information content (AvgIpc) is 2.15. The summed E-state index contributed by atoms with van der Waals surface area (Å²) in [7, 11) is 1.36. The summed E-state index contributed by atoms with van der Waals surface area (Å²) in [5, 5.41) is 0. The summed E-state index contributed by atoms with van der Waals surface area (Å²) >= 11 is 0. The van der Waals surface area contributed by atoms with Crippen LogP contribution in [0.3, 0.4) is 0 Å². The Morgan fingerprint density at radius 3 is 2.47 bits per heavy atom. The van der Waals surface area contributed by atoms with E-state index >= 15 is 0 Å². The van der Waals surface area contributed by atoms with E-state index < -0.39 is 5.54 Å². The number of rotatable bonds is 2. The third-order valence-electron chi connectivity index (χ3n) is 2.03. The molecule has 84 valence electrons. The fraction of sp³-hybridized carbons (Fsp3) is 0.364. The lowest BCUT2D eigenvalue weighted by Crippen LogP contribution is -2.28. The molecule has 1 aromatic carbocycles. The van der Waals surface area contributed by atoms with E-state index in [-0.39, 0.29) is 18.4 Å². The molecule has 3 nitrogen and oxygen atoms in total. The smallest absolute Gasteiger partial charge is 0.337 e. The van der Waals surface area contributed by atoms with E-state index in [4.69, 9.17) is 5.73 Å². The summed E-state index contributed by atoms with van der Waals surface area (Å²) in [4.78, 5) is 11.2. The van der Waals surface area contributed by atoms with Gasteiger partial charge < -0.3 is 10.5 Å². The molecule has 1 rings (SSSR count). The third kappa shape index (κ3) is 3.53. The van der Waals surface area contributed by atoms with Gasteiger partial charge in [-0.2, -0.15) is 0 Å². The zero-order valence-electron chi connectivity index (χ0n) is 9.11. The molecule has 2 N–H and O–H groups in total. The molecule has 0 bridgehead atoms. The van der Waals surface area contributed by atoms with Crippen molar-refractivity contribution in [3.8, 4) is 0 Å². The number of nitrogens with two attached hydrogens (primary N) is 1. The number of esters is 1. The lowest BCUT2D eigenvalue weighted by Gasteiger charge is -2.19. The van der Waals surface area contributed by atoms with Gasteiger partial charge in [0.2, 0.25) is 0 Å². The highest BCUT2D eigenvalue weighted by molar-refractivity contribution is 5.89. The Balaban J connectivity index is 0.00000196. The van der Waals surface area contributed by atoms with Gasteiger partial charge in [-0.15, -0.1) is 12.4 Å². The quantitative estimate of drug-likeness (QED) is 0.791. The molecule has 0 radical (unpaired) electrons. The van der Waals surface area contributed by atoms with Crippen molar-refractivity contribution in [3.63, 3.8) is 0 Å². The van der Waals surface area contributed by atoms with Crippen LogP contribution in [0.25, 0.3) is 0 Å². The minimum absolute atomic E-state index is 0. The van der Waals surface area contributed by atoms with Crippen LogP contribution in [-0.2, 0) is 10.3 Å². The Bertz CT molecular complexity index is 345. The molecule has 0 saturated heterocycles. The number of hydrogen-bond donors (Lipinski definition) is 1. The van der Waals surface area contributed by atoms with Gasteiger partial charge >= 0.3 is 5.97 Å². The second kappa shape index (κ2) is 5.14. The number of ether oxygens (including phenoxy) is 1. The van der Waals surface area contributed by atoms with Crippen LogP contribution in [-0.4, -0.2) is 13.1 Å². The highest BCUT2D eigenvalue weighted by atomic mass is 35.5. The average molecular weight is 230 g/mol. The van der Waals surface area contributed by atoms with Gasteiger partial charge in [0, 0.05) is 5.54 Å². The number of benzene rings is 1. The molecule has 0 saturated carbocycles. The summed E-state index contributed by atoms with van der Waals surface area (Å²) in [6, 6.07) is 7.16. The van der Waals surface area contributed by atoms with Gasteiger partial charge in [-0.3, -0.25) is 0 Å². The maximum atomic E-state index is 11.2. The molecule has 0 aliphatic rings. The van der Waals surface area contributed by atoms with E-state index in [9.17, 15) is 4.79 Å². The van der Waals surface area contributed by atoms with Crippen molar-refractivity contribution >= 4 is 18.4 Å². The van der Waals surface area contributed by atoms with Crippen molar-refractivity contribution in [3.05, 3.63) is 35.4 Å². The monoisotopic (exact) mass is 229 g/mol. The zero-order chi connectivity index (χ0) is 10.8. The molecule has 0 heterocycles. The third-order valence-corrected chi connectivity index (χ3v) is 2.03. The number of carbonyl (C=O) groups excluding carboxylic acids is 1. The summed E-state index contributed by atoms with van der Waals surface area (Å²) < 4.78 is 4.62. The number of carbonyl (C=O) groups is 1. The lowest BCUT2D eigenvalue weighted by atomic mass is 9.94. The van der Waals surface area contributed by atoms with Crippen LogP contribution in [0.15, 0.2) is 24.3 Å². The van der Waals surface area contributed by atoms with Gasteiger partial charge in [0.15, 0.2) is 0 Å². The maximum absolute atomic E-state index is 11.2. The van der Waals surface area contributed by atoms with Gasteiger partial charge in [-0.25, -0.2) is 4.79 Å². The van der Waals surface area contributed by atoms with Crippen LogP contribution in [0.1, 0.15) is 29.8 Å². The Morgan fingerprint density at radius 1 is 1.40 bits per heavy atom. The topological polar surface area (TPSA) is 52.3 Å². The molecular weight excluding hydrogens is 214 g/mol. The summed E-state index contributed by atoms with van der Waals surface area (Å²) in [5.74, 6) is -0.337. The molecular formula is C11H16ClNO2. The van der Waals surface area contributed by atoms with Crippen LogP contribution in [0.2, 0.25) is 0 Å². The normalized spacial score (nSPS) is 10.4. The van der Waals surface area contributed by atoms with E-state index in [1.165, 1.54) is 7.11 Å². The molecule has 1 aromatic rings. The Morgan fingerprint density at radius 2 is 2.00 bits per heavy atom. The number of methoxy groups -OCH3 is 1. The maximum Gasteiger partial charge on any atom is 0.337 e. The van der Waals surface area contributed by atoms with E-state index in [1.54, 1.807) is 18.2 Å². The summed E-state index contributed by atoms with van der Waals surface area (Å²) in [6.45, 7) is 3.78. The molecule has 4 heteroatoms. The van der Waals surface area contributed by atoms with Crippen LogP contribution < -0.4 is 5.73 Å². The standard InChI is InChI=1S/C11H15NO2.ClH/c1-11(2,12)9-6-4-5-8(7-9)10(13)14-3;/h4-7H,12H2,1-3H3;1H. The fourth-order valence-corrected chi connectivity index (χ4v) is 1.16. The lowest BCUT2D eigenvalue weighted by molar-refractivity contribution is 0.0600. The van der Waals surface area contributed by atoms with Crippen molar-refractivity contribution in [2.24, 2.45) is 5.73 Å². The van der Waals surface area contributed by atoms with E-state index in [1.807, 2.05) is 19.9 Å². The first-order valence-corrected chi connectivity index (χ1v) is 4.43. The first-order valence-electron chi connectivity index (χ1n) is 4.43. The molecule has 15 heavy (non-hydrogen) atoms. The highest BCUT2D eigenvalue weighted by Crippen LogP contribution is 2.18. The molecule has 0 amide bonds. The first-order chi connectivity index (χ1) is 6.45.